The van der Waals surface area contributed by atoms with E-state index in [4.69, 9.17) is 0 Å². The summed E-state index contributed by atoms with van der Waals surface area (Å²) < 4.78 is 0. The minimum atomic E-state index is 0.0862. The van der Waals surface area contributed by atoms with Crippen LogP contribution >= 0.6 is 0 Å². The van der Waals surface area contributed by atoms with Gasteiger partial charge in [-0.25, -0.2) is 0 Å². The molecule has 1 aromatic rings. The third kappa shape index (κ3) is 5.96. The van der Waals surface area contributed by atoms with Crippen LogP contribution in [0.3, 0.4) is 0 Å². The Labute approximate surface area is 140 Å². The van der Waals surface area contributed by atoms with E-state index in [9.17, 15) is 4.79 Å². The molecule has 1 fully saturated rings. The second-order valence-corrected chi connectivity index (χ2v) is 6.56. The summed E-state index contributed by atoms with van der Waals surface area (Å²) >= 11 is 0. The van der Waals surface area contributed by atoms with Gasteiger partial charge >= 0.3 is 0 Å². The molecule has 1 atom stereocenters. The lowest BCUT2D eigenvalue weighted by Crippen LogP contribution is -2.50. The number of likely N-dealkylation sites (N-methyl/N-ethyl adjacent to an activating group) is 1. The van der Waals surface area contributed by atoms with Crippen LogP contribution in [0.25, 0.3) is 0 Å². The van der Waals surface area contributed by atoms with E-state index in [0.29, 0.717) is 0 Å². The standard InChI is InChI=1S/C19H31N3O/c1-3-13-22-14-8-7-11-18(22)19(23)20-12-15-21(2)16-17-9-5-4-6-10-17/h4-6,9-10,18H,3,7-8,11-16H2,1-2H3,(H,20,23). The van der Waals surface area contributed by atoms with Gasteiger partial charge < -0.3 is 10.2 Å². The summed E-state index contributed by atoms with van der Waals surface area (Å²) in [5.41, 5.74) is 1.31. The highest BCUT2D eigenvalue weighted by Crippen LogP contribution is 2.17. The zero-order valence-electron chi connectivity index (χ0n) is 14.6. The first-order valence-electron chi connectivity index (χ1n) is 8.95. The average molecular weight is 317 g/mol. The van der Waals surface area contributed by atoms with E-state index in [0.717, 1.165) is 45.6 Å². The maximum Gasteiger partial charge on any atom is 0.237 e. The average Bonchev–Trinajstić information content (AvgIpc) is 2.56. The molecule has 1 amide bonds. The van der Waals surface area contributed by atoms with E-state index in [1.807, 2.05) is 6.07 Å². The summed E-state index contributed by atoms with van der Waals surface area (Å²) in [5, 5.41) is 3.14. The smallest absolute Gasteiger partial charge is 0.237 e. The molecular formula is C19H31N3O. The van der Waals surface area contributed by atoms with Gasteiger partial charge in [-0.15, -0.1) is 0 Å². The molecule has 2 rings (SSSR count). The number of likely N-dealkylation sites (tertiary alicyclic amines) is 1. The number of hydrogen-bond acceptors (Lipinski definition) is 3. The van der Waals surface area contributed by atoms with Crippen LogP contribution in [0.5, 0.6) is 0 Å². The molecule has 128 valence electrons. The molecule has 0 saturated carbocycles. The Kier molecular flexibility index (Phi) is 7.56. The van der Waals surface area contributed by atoms with E-state index in [1.165, 1.54) is 18.4 Å². The third-order valence-corrected chi connectivity index (χ3v) is 4.52. The molecular weight excluding hydrogens is 286 g/mol. The maximum absolute atomic E-state index is 12.5. The van der Waals surface area contributed by atoms with Crippen molar-refractivity contribution in [1.82, 2.24) is 15.1 Å². The Balaban J connectivity index is 1.71. The predicted octanol–water partition coefficient (Wildman–Crippen LogP) is 2.50. The lowest BCUT2D eigenvalue weighted by molar-refractivity contribution is -0.127. The number of piperidine rings is 1. The van der Waals surface area contributed by atoms with Crippen molar-refractivity contribution in [2.45, 2.75) is 45.2 Å². The highest BCUT2D eigenvalue weighted by molar-refractivity contribution is 5.81. The van der Waals surface area contributed by atoms with Gasteiger partial charge in [-0.3, -0.25) is 9.69 Å². The van der Waals surface area contributed by atoms with Crippen molar-refractivity contribution in [3.63, 3.8) is 0 Å². The van der Waals surface area contributed by atoms with Crippen LogP contribution in [0.15, 0.2) is 30.3 Å². The summed E-state index contributed by atoms with van der Waals surface area (Å²) in [6.07, 6.45) is 4.52. The number of benzene rings is 1. The lowest BCUT2D eigenvalue weighted by atomic mass is 10.0. The van der Waals surface area contributed by atoms with Crippen molar-refractivity contribution >= 4 is 5.91 Å². The molecule has 0 radical (unpaired) electrons. The van der Waals surface area contributed by atoms with Gasteiger partial charge in [0, 0.05) is 19.6 Å². The van der Waals surface area contributed by atoms with Crippen molar-refractivity contribution in [2.75, 3.05) is 33.2 Å². The number of amides is 1. The van der Waals surface area contributed by atoms with Crippen LogP contribution < -0.4 is 5.32 Å². The van der Waals surface area contributed by atoms with Crippen LogP contribution in [0.4, 0.5) is 0 Å². The normalized spacial score (nSPS) is 19.0. The minimum absolute atomic E-state index is 0.0862. The van der Waals surface area contributed by atoms with E-state index in [1.54, 1.807) is 0 Å². The molecule has 1 unspecified atom stereocenters. The van der Waals surface area contributed by atoms with Crippen LogP contribution in [0.2, 0.25) is 0 Å². The summed E-state index contributed by atoms with van der Waals surface area (Å²) in [7, 11) is 2.10. The molecule has 1 aliphatic heterocycles. The molecule has 0 bridgehead atoms. The molecule has 1 aliphatic rings. The summed E-state index contributed by atoms with van der Waals surface area (Å²) in [6, 6.07) is 10.5. The number of carbonyl (C=O) groups is 1. The van der Waals surface area contributed by atoms with Crippen molar-refractivity contribution in [1.29, 1.82) is 0 Å². The Hall–Kier alpha value is -1.39. The lowest BCUT2D eigenvalue weighted by Gasteiger charge is -2.34. The topological polar surface area (TPSA) is 35.6 Å². The first-order valence-corrected chi connectivity index (χ1v) is 8.95. The molecule has 0 aromatic heterocycles. The van der Waals surface area contributed by atoms with E-state index >= 15 is 0 Å². The van der Waals surface area contributed by atoms with Gasteiger partial charge in [0.15, 0.2) is 0 Å². The number of nitrogens with zero attached hydrogens (tertiary/aromatic N) is 2. The Morgan fingerprint density at radius 3 is 2.83 bits per heavy atom. The number of rotatable bonds is 8. The van der Waals surface area contributed by atoms with Gasteiger partial charge in [0.05, 0.1) is 6.04 Å². The zero-order valence-corrected chi connectivity index (χ0v) is 14.6. The quantitative estimate of drug-likeness (QED) is 0.800. The highest BCUT2D eigenvalue weighted by atomic mass is 16.2. The van der Waals surface area contributed by atoms with Gasteiger partial charge in [-0.2, -0.15) is 0 Å². The number of carbonyl (C=O) groups excluding carboxylic acids is 1. The van der Waals surface area contributed by atoms with Crippen molar-refractivity contribution in [3.05, 3.63) is 35.9 Å². The molecule has 4 heteroatoms. The monoisotopic (exact) mass is 317 g/mol. The maximum atomic E-state index is 12.5. The summed E-state index contributed by atoms with van der Waals surface area (Å²) in [6.45, 7) is 6.80. The van der Waals surface area contributed by atoms with Gasteiger partial charge in [-0.1, -0.05) is 43.7 Å². The van der Waals surface area contributed by atoms with E-state index in [-0.39, 0.29) is 11.9 Å². The SMILES string of the molecule is CCCN1CCCCC1C(=O)NCCN(C)Cc1ccccc1. The summed E-state index contributed by atoms with van der Waals surface area (Å²) in [5.74, 6) is 0.214. The van der Waals surface area contributed by atoms with Gasteiger partial charge in [0.1, 0.15) is 0 Å². The fourth-order valence-corrected chi connectivity index (χ4v) is 3.30. The fraction of sp³-hybridized carbons (Fsp3) is 0.632. The van der Waals surface area contributed by atoms with Crippen LogP contribution in [0, 0.1) is 0 Å². The molecule has 0 aliphatic carbocycles. The largest absolute Gasteiger partial charge is 0.353 e. The second-order valence-electron chi connectivity index (χ2n) is 6.56. The Morgan fingerprint density at radius 2 is 2.09 bits per heavy atom. The number of nitrogens with one attached hydrogen (secondary N) is 1. The molecule has 1 saturated heterocycles. The molecule has 4 nitrogen and oxygen atoms in total. The highest BCUT2D eigenvalue weighted by Gasteiger charge is 2.27. The Morgan fingerprint density at radius 1 is 1.30 bits per heavy atom. The molecule has 1 N–H and O–H groups in total. The van der Waals surface area contributed by atoms with Crippen LogP contribution in [-0.4, -0.2) is 55.0 Å². The first kappa shape index (κ1) is 18.0. The minimum Gasteiger partial charge on any atom is -0.353 e. The Bertz CT molecular complexity index is 461. The predicted molar refractivity (Wildman–Crippen MR) is 95.3 cm³/mol. The van der Waals surface area contributed by atoms with Crippen LogP contribution in [0.1, 0.15) is 38.2 Å². The van der Waals surface area contributed by atoms with E-state index in [2.05, 4.69) is 53.4 Å². The van der Waals surface area contributed by atoms with E-state index < -0.39 is 0 Å². The van der Waals surface area contributed by atoms with Crippen molar-refractivity contribution in [3.8, 4) is 0 Å². The molecule has 0 spiro atoms. The second kappa shape index (κ2) is 9.68. The zero-order chi connectivity index (χ0) is 16.5. The first-order chi connectivity index (χ1) is 11.2. The van der Waals surface area contributed by atoms with Gasteiger partial charge in [0.2, 0.25) is 5.91 Å². The fourth-order valence-electron chi connectivity index (χ4n) is 3.30. The van der Waals surface area contributed by atoms with Crippen LogP contribution in [-0.2, 0) is 11.3 Å². The molecule has 1 aromatic carbocycles. The molecule has 23 heavy (non-hydrogen) atoms. The van der Waals surface area contributed by atoms with Gasteiger partial charge in [0.25, 0.3) is 0 Å². The third-order valence-electron chi connectivity index (χ3n) is 4.52. The number of hydrogen-bond donors (Lipinski definition) is 1. The van der Waals surface area contributed by atoms with Crippen molar-refractivity contribution < 1.29 is 4.79 Å². The summed E-state index contributed by atoms with van der Waals surface area (Å²) in [4.78, 5) is 17.1. The molecule has 1 heterocycles. The van der Waals surface area contributed by atoms with Gasteiger partial charge in [-0.05, 0) is 45.0 Å². The van der Waals surface area contributed by atoms with Crippen molar-refractivity contribution in [2.24, 2.45) is 0 Å².